The molecule has 1 saturated heterocycles. The number of amides is 1. The molecule has 5 nitrogen and oxygen atoms in total. The molecule has 1 unspecified atom stereocenters. The van der Waals surface area contributed by atoms with Gasteiger partial charge in [-0.2, -0.15) is 0 Å². The van der Waals surface area contributed by atoms with Crippen LogP contribution in [0.25, 0.3) is 0 Å². The number of carboxylic acids is 1. The van der Waals surface area contributed by atoms with E-state index in [2.05, 4.69) is 4.98 Å². The number of nitrogens with zero attached hydrogens (tertiary/aromatic N) is 1. The van der Waals surface area contributed by atoms with Crippen LogP contribution in [0, 0.1) is 6.92 Å². The third kappa shape index (κ3) is 2.18. The Bertz CT molecular complexity index is 439. The largest absolute Gasteiger partial charge is 0.480 e. The molecule has 5 heteroatoms. The lowest BCUT2D eigenvalue weighted by atomic mass is 10.0. The van der Waals surface area contributed by atoms with Gasteiger partial charge in [-0.25, -0.2) is 4.79 Å². The first-order valence-electron chi connectivity index (χ1n) is 5.79. The van der Waals surface area contributed by atoms with Gasteiger partial charge in [0.05, 0.1) is 5.56 Å². The highest BCUT2D eigenvalue weighted by Crippen LogP contribution is 2.20. The van der Waals surface area contributed by atoms with Crippen molar-refractivity contribution in [3.8, 4) is 0 Å². The molecule has 1 aromatic rings. The summed E-state index contributed by atoms with van der Waals surface area (Å²) in [4.78, 5) is 27.8. The van der Waals surface area contributed by atoms with Crippen molar-refractivity contribution in [1.29, 1.82) is 0 Å². The van der Waals surface area contributed by atoms with Crippen LogP contribution >= 0.6 is 0 Å². The Morgan fingerprint density at radius 3 is 2.82 bits per heavy atom. The molecule has 0 aromatic carbocycles. The fourth-order valence-corrected chi connectivity index (χ4v) is 2.27. The molecule has 1 aliphatic rings. The summed E-state index contributed by atoms with van der Waals surface area (Å²) in [5.74, 6) is -1.10. The first-order chi connectivity index (χ1) is 8.11. The van der Waals surface area contributed by atoms with Gasteiger partial charge in [0.15, 0.2) is 0 Å². The average molecular weight is 236 g/mol. The van der Waals surface area contributed by atoms with Crippen LogP contribution in [0.4, 0.5) is 0 Å². The Labute approximate surface area is 99.4 Å². The van der Waals surface area contributed by atoms with Crippen molar-refractivity contribution < 1.29 is 14.7 Å². The summed E-state index contributed by atoms with van der Waals surface area (Å²) in [5.41, 5.74) is 1.35. The molecular weight excluding hydrogens is 220 g/mol. The summed E-state index contributed by atoms with van der Waals surface area (Å²) in [6, 6.07) is 1.02. The van der Waals surface area contributed by atoms with E-state index >= 15 is 0 Å². The summed E-state index contributed by atoms with van der Waals surface area (Å²) in [7, 11) is 0. The topological polar surface area (TPSA) is 73.4 Å². The number of hydrogen-bond acceptors (Lipinski definition) is 2. The van der Waals surface area contributed by atoms with Crippen LogP contribution in [-0.4, -0.2) is 39.5 Å². The molecule has 2 rings (SSSR count). The number of aromatic nitrogens is 1. The van der Waals surface area contributed by atoms with Gasteiger partial charge >= 0.3 is 5.97 Å². The maximum atomic E-state index is 12.2. The first-order valence-corrected chi connectivity index (χ1v) is 5.79. The standard InChI is InChI=1S/C12H16N2O3/c1-8-9(5-6-13-8)11(15)14-7-3-2-4-10(14)12(16)17/h5-6,10,13H,2-4,7H2,1H3,(H,16,17). The van der Waals surface area contributed by atoms with E-state index in [0.717, 1.165) is 18.5 Å². The number of H-pyrrole nitrogens is 1. The lowest BCUT2D eigenvalue weighted by Gasteiger charge is -2.32. The predicted octanol–water partition coefficient (Wildman–Crippen LogP) is 1.40. The van der Waals surface area contributed by atoms with Gasteiger partial charge in [0, 0.05) is 18.4 Å². The number of carbonyl (C=O) groups is 2. The SMILES string of the molecule is Cc1[nH]ccc1C(=O)N1CCCCC1C(=O)O. The van der Waals surface area contributed by atoms with Crippen molar-refractivity contribution in [3.05, 3.63) is 23.5 Å². The lowest BCUT2D eigenvalue weighted by molar-refractivity contribution is -0.143. The van der Waals surface area contributed by atoms with Crippen LogP contribution in [0.5, 0.6) is 0 Å². The van der Waals surface area contributed by atoms with Gasteiger partial charge in [0.25, 0.3) is 5.91 Å². The van der Waals surface area contributed by atoms with E-state index in [4.69, 9.17) is 5.11 Å². The van der Waals surface area contributed by atoms with Crippen LogP contribution in [-0.2, 0) is 4.79 Å². The second-order valence-electron chi connectivity index (χ2n) is 4.36. The Hall–Kier alpha value is -1.78. The number of aliphatic carboxylic acids is 1. The lowest BCUT2D eigenvalue weighted by Crippen LogP contribution is -2.48. The van der Waals surface area contributed by atoms with Gasteiger partial charge in [-0.15, -0.1) is 0 Å². The first kappa shape index (κ1) is 11.7. The van der Waals surface area contributed by atoms with Gasteiger partial charge in [0.2, 0.25) is 0 Å². The van der Waals surface area contributed by atoms with Crippen LogP contribution in [0.3, 0.4) is 0 Å². The molecule has 0 bridgehead atoms. The smallest absolute Gasteiger partial charge is 0.326 e. The quantitative estimate of drug-likeness (QED) is 0.815. The van der Waals surface area contributed by atoms with Gasteiger partial charge in [-0.3, -0.25) is 4.79 Å². The highest BCUT2D eigenvalue weighted by Gasteiger charge is 2.32. The zero-order chi connectivity index (χ0) is 12.4. The predicted molar refractivity (Wildman–Crippen MR) is 61.8 cm³/mol. The Morgan fingerprint density at radius 2 is 2.24 bits per heavy atom. The molecule has 2 N–H and O–H groups in total. The number of likely N-dealkylation sites (tertiary alicyclic amines) is 1. The molecule has 1 aliphatic heterocycles. The third-order valence-corrected chi connectivity index (χ3v) is 3.23. The number of carboxylic acid groups (broad SMARTS) is 1. The van der Waals surface area contributed by atoms with E-state index in [1.54, 1.807) is 12.3 Å². The normalized spacial score (nSPS) is 20.3. The maximum absolute atomic E-state index is 12.2. The van der Waals surface area contributed by atoms with Crippen molar-refractivity contribution in [1.82, 2.24) is 9.88 Å². The number of rotatable bonds is 2. The Balaban J connectivity index is 2.23. The second-order valence-corrected chi connectivity index (χ2v) is 4.36. The molecule has 2 heterocycles. The summed E-state index contributed by atoms with van der Waals surface area (Å²) in [6.45, 7) is 2.34. The van der Waals surface area contributed by atoms with Gasteiger partial charge < -0.3 is 15.0 Å². The van der Waals surface area contributed by atoms with E-state index in [0.29, 0.717) is 18.5 Å². The van der Waals surface area contributed by atoms with E-state index in [9.17, 15) is 9.59 Å². The second kappa shape index (κ2) is 4.61. The average Bonchev–Trinajstić information content (AvgIpc) is 2.74. The minimum absolute atomic E-state index is 0.184. The van der Waals surface area contributed by atoms with E-state index < -0.39 is 12.0 Å². The Kier molecular flexibility index (Phi) is 3.17. The number of piperidine rings is 1. The van der Waals surface area contributed by atoms with Crippen molar-refractivity contribution >= 4 is 11.9 Å². The van der Waals surface area contributed by atoms with E-state index in [1.165, 1.54) is 4.90 Å². The molecule has 92 valence electrons. The van der Waals surface area contributed by atoms with Crippen LogP contribution in [0.1, 0.15) is 35.3 Å². The molecule has 0 radical (unpaired) electrons. The minimum Gasteiger partial charge on any atom is -0.480 e. The Morgan fingerprint density at radius 1 is 1.47 bits per heavy atom. The molecular formula is C12H16N2O3. The molecule has 0 aliphatic carbocycles. The third-order valence-electron chi connectivity index (χ3n) is 3.23. The number of aryl methyl sites for hydroxylation is 1. The minimum atomic E-state index is -0.911. The van der Waals surface area contributed by atoms with Crippen molar-refractivity contribution in [3.63, 3.8) is 0 Å². The fraction of sp³-hybridized carbons (Fsp3) is 0.500. The number of nitrogens with one attached hydrogen (secondary N) is 1. The van der Waals surface area contributed by atoms with Crippen molar-refractivity contribution in [2.24, 2.45) is 0 Å². The van der Waals surface area contributed by atoms with Crippen molar-refractivity contribution in [2.45, 2.75) is 32.2 Å². The van der Waals surface area contributed by atoms with Gasteiger partial charge in [-0.1, -0.05) is 0 Å². The number of aromatic amines is 1. The molecule has 1 atom stereocenters. The number of hydrogen-bond donors (Lipinski definition) is 2. The molecule has 1 aromatic heterocycles. The molecule has 0 saturated carbocycles. The van der Waals surface area contributed by atoms with E-state index in [1.807, 2.05) is 6.92 Å². The van der Waals surface area contributed by atoms with Crippen LogP contribution < -0.4 is 0 Å². The molecule has 1 amide bonds. The summed E-state index contributed by atoms with van der Waals surface area (Å²) in [6.07, 6.45) is 3.98. The van der Waals surface area contributed by atoms with Crippen molar-refractivity contribution in [2.75, 3.05) is 6.54 Å². The zero-order valence-electron chi connectivity index (χ0n) is 9.77. The summed E-state index contributed by atoms with van der Waals surface area (Å²) in [5, 5.41) is 9.12. The zero-order valence-corrected chi connectivity index (χ0v) is 9.77. The van der Waals surface area contributed by atoms with E-state index in [-0.39, 0.29) is 5.91 Å². The molecule has 1 fully saturated rings. The van der Waals surface area contributed by atoms with Crippen LogP contribution in [0.2, 0.25) is 0 Å². The monoisotopic (exact) mass is 236 g/mol. The molecule has 0 spiro atoms. The fourth-order valence-electron chi connectivity index (χ4n) is 2.27. The van der Waals surface area contributed by atoms with Gasteiger partial charge in [0.1, 0.15) is 6.04 Å². The highest BCUT2D eigenvalue weighted by atomic mass is 16.4. The van der Waals surface area contributed by atoms with Gasteiger partial charge in [-0.05, 0) is 32.3 Å². The highest BCUT2D eigenvalue weighted by molar-refractivity contribution is 5.97. The van der Waals surface area contributed by atoms with Crippen LogP contribution in [0.15, 0.2) is 12.3 Å². The summed E-state index contributed by atoms with van der Waals surface area (Å²) >= 11 is 0. The summed E-state index contributed by atoms with van der Waals surface area (Å²) < 4.78 is 0. The molecule has 17 heavy (non-hydrogen) atoms. The number of carbonyl (C=O) groups excluding carboxylic acids is 1. The maximum Gasteiger partial charge on any atom is 0.326 e.